The number of ether oxygens (including phenoxy) is 2. The molecule has 0 fully saturated rings. The summed E-state index contributed by atoms with van der Waals surface area (Å²) in [6.45, 7) is 1.98. The Morgan fingerprint density at radius 1 is 1.08 bits per heavy atom. The van der Waals surface area contributed by atoms with Crippen molar-refractivity contribution in [3.05, 3.63) is 59.8 Å². The highest BCUT2D eigenvalue weighted by Gasteiger charge is 2.15. The number of aryl methyl sites for hydroxylation is 2. The highest BCUT2D eigenvalue weighted by atomic mass is 16.5. The quantitative estimate of drug-likeness (QED) is 0.762. The first-order chi connectivity index (χ1) is 12.5. The Balaban J connectivity index is 1.85. The van der Waals surface area contributed by atoms with Crippen LogP contribution in [0, 0.1) is 6.92 Å². The highest BCUT2D eigenvalue weighted by molar-refractivity contribution is 6.03. The molecular formula is C20H21N3O3. The van der Waals surface area contributed by atoms with Gasteiger partial charge in [0.1, 0.15) is 11.5 Å². The standard InChI is InChI=1S/C20H21N3O3/c1-13-10-14(8-9-19(13)26-4)18-12-17(22-23(18)2)20(24)21-15-6-5-7-16(11-15)25-3/h5-12H,1-4H3,(H,21,24). The van der Waals surface area contributed by atoms with Gasteiger partial charge in [-0.05, 0) is 48.9 Å². The number of hydrogen-bond acceptors (Lipinski definition) is 4. The normalized spacial score (nSPS) is 10.5. The molecule has 0 bridgehead atoms. The number of nitrogens with zero attached hydrogens (tertiary/aromatic N) is 2. The molecule has 26 heavy (non-hydrogen) atoms. The molecule has 0 aliphatic rings. The van der Waals surface area contributed by atoms with Crippen molar-refractivity contribution in [2.45, 2.75) is 6.92 Å². The summed E-state index contributed by atoms with van der Waals surface area (Å²) in [5.74, 6) is 1.23. The Bertz CT molecular complexity index is 947. The fraction of sp³-hybridized carbons (Fsp3) is 0.200. The van der Waals surface area contributed by atoms with Gasteiger partial charge in [-0.15, -0.1) is 0 Å². The van der Waals surface area contributed by atoms with E-state index in [-0.39, 0.29) is 5.91 Å². The van der Waals surface area contributed by atoms with E-state index in [0.717, 1.165) is 22.6 Å². The van der Waals surface area contributed by atoms with Crippen molar-refractivity contribution >= 4 is 11.6 Å². The van der Waals surface area contributed by atoms with Crippen LogP contribution in [0.4, 0.5) is 5.69 Å². The van der Waals surface area contributed by atoms with E-state index >= 15 is 0 Å². The maximum Gasteiger partial charge on any atom is 0.276 e. The molecule has 2 aromatic carbocycles. The average molecular weight is 351 g/mol. The minimum atomic E-state index is -0.273. The Hall–Kier alpha value is -3.28. The molecule has 0 aliphatic carbocycles. The summed E-state index contributed by atoms with van der Waals surface area (Å²) in [6.07, 6.45) is 0. The van der Waals surface area contributed by atoms with Crippen molar-refractivity contribution in [1.29, 1.82) is 0 Å². The van der Waals surface area contributed by atoms with E-state index < -0.39 is 0 Å². The topological polar surface area (TPSA) is 65.4 Å². The molecule has 1 amide bonds. The van der Waals surface area contributed by atoms with Gasteiger partial charge in [-0.3, -0.25) is 9.48 Å². The van der Waals surface area contributed by atoms with Gasteiger partial charge >= 0.3 is 0 Å². The van der Waals surface area contributed by atoms with Crippen LogP contribution in [0.2, 0.25) is 0 Å². The van der Waals surface area contributed by atoms with Gasteiger partial charge in [-0.25, -0.2) is 0 Å². The van der Waals surface area contributed by atoms with E-state index in [2.05, 4.69) is 10.4 Å². The second kappa shape index (κ2) is 7.31. The maximum absolute atomic E-state index is 12.5. The fourth-order valence-corrected chi connectivity index (χ4v) is 2.78. The Kier molecular flexibility index (Phi) is 4.93. The third kappa shape index (κ3) is 3.54. The van der Waals surface area contributed by atoms with Crippen LogP contribution < -0.4 is 14.8 Å². The van der Waals surface area contributed by atoms with E-state index in [1.165, 1.54) is 0 Å². The van der Waals surface area contributed by atoms with Gasteiger partial charge in [0, 0.05) is 24.4 Å². The Labute approximate surface area is 152 Å². The van der Waals surface area contributed by atoms with Gasteiger partial charge in [-0.1, -0.05) is 6.07 Å². The number of anilines is 1. The van der Waals surface area contributed by atoms with E-state index in [1.807, 2.05) is 44.3 Å². The van der Waals surface area contributed by atoms with Crippen LogP contribution >= 0.6 is 0 Å². The van der Waals surface area contributed by atoms with E-state index in [4.69, 9.17) is 9.47 Å². The van der Waals surface area contributed by atoms with Crippen LogP contribution in [-0.4, -0.2) is 29.9 Å². The van der Waals surface area contributed by atoms with Crippen LogP contribution in [0.5, 0.6) is 11.5 Å². The molecule has 3 aromatic rings. The zero-order valence-corrected chi connectivity index (χ0v) is 15.2. The number of benzene rings is 2. The third-order valence-corrected chi connectivity index (χ3v) is 4.13. The van der Waals surface area contributed by atoms with Crippen LogP contribution in [0.3, 0.4) is 0 Å². The predicted octanol–water partition coefficient (Wildman–Crippen LogP) is 3.67. The molecule has 0 atom stereocenters. The lowest BCUT2D eigenvalue weighted by molar-refractivity contribution is 0.102. The number of amides is 1. The van der Waals surface area contributed by atoms with Gasteiger partial charge in [0.25, 0.3) is 5.91 Å². The zero-order valence-electron chi connectivity index (χ0n) is 15.2. The monoisotopic (exact) mass is 351 g/mol. The molecular weight excluding hydrogens is 330 g/mol. The summed E-state index contributed by atoms with van der Waals surface area (Å²) in [5, 5.41) is 7.18. The molecule has 1 N–H and O–H groups in total. The number of hydrogen-bond donors (Lipinski definition) is 1. The van der Waals surface area contributed by atoms with Crippen molar-refractivity contribution in [3.8, 4) is 22.8 Å². The van der Waals surface area contributed by atoms with Gasteiger partial charge in [0.05, 0.1) is 19.9 Å². The number of carbonyl (C=O) groups is 1. The molecule has 1 heterocycles. The Morgan fingerprint density at radius 3 is 2.58 bits per heavy atom. The van der Waals surface area contributed by atoms with Gasteiger partial charge < -0.3 is 14.8 Å². The lowest BCUT2D eigenvalue weighted by atomic mass is 10.1. The molecule has 0 spiro atoms. The molecule has 1 aromatic heterocycles. The average Bonchev–Trinajstić information content (AvgIpc) is 3.03. The molecule has 6 heteroatoms. The minimum Gasteiger partial charge on any atom is -0.497 e. The van der Waals surface area contributed by atoms with Crippen LogP contribution in [0.15, 0.2) is 48.5 Å². The molecule has 134 valence electrons. The van der Waals surface area contributed by atoms with Crippen LogP contribution in [-0.2, 0) is 7.05 Å². The second-order valence-electron chi connectivity index (χ2n) is 5.91. The number of rotatable bonds is 5. The largest absolute Gasteiger partial charge is 0.497 e. The number of carbonyl (C=O) groups excluding carboxylic acids is 1. The maximum atomic E-state index is 12.5. The summed E-state index contributed by atoms with van der Waals surface area (Å²) in [5.41, 5.74) is 3.85. The fourth-order valence-electron chi connectivity index (χ4n) is 2.78. The van der Waals surface area contributed by atoms with Gasteiger partial charge in [0.15, 0.2) is 5.69 Å². The molecule has 0 saturated carbocycles. The van der Waals surface area contributed by atoms with Crippen LogP contribution in [0.1, 0.15) is 16.1 Å². The highest BCUT2D eigenvalue weighted by Crippen LogP contribution is 2.26. The summed E-state index contributed by atoms with van der Waals surface area (Å²) in [7, 11) is 5.05. The number of aromatic nitrogens is 2. The first kappa shape index (κ1) is 17.5. The van der Waals surface area contributed by atoms with Crippen molar-refractivity contribution in [2.75, 3.05) is 19.5 Å². The summed E-state index contributed by atoms with van der Waals surface area (Å²) in [6, 6.07) is 14.8. The molecule has 3 rings (SSSR count). The SMILES string of the molecule is COc1cccc(NC(=O)c2cc(-c3ccc(OC)c(C)c3)n(C)n2)c1. The number of methoxy groups -OCH3 is 2. The predicted molar refractivity (Wildman–Crippen MR) is 101 cm³/mol. The molecule has 0 saturated heterocycles. The molecule has 6 nitrogen and oxygen atoms in total. The molecule has 0 unspecified atom stereocenters. The summed E-state index contributed by atoms with van der Waals surface area (Å²) in [4.78, 5) is 12.5. The van der Waals surface area contributed by atoms with Crippen molar-refractivity contribution < 1.29 is 14.3 Å². The smallest absolute Gasteiger partial charge is 0.276 e. The van der Waals surface area contributed by atoms with Gasteiger partial charge in [-0.2, -0.15) is 5.10 Å². The van der Waals surface area contributed by atoms with E-state index in [0.29, 0.717) is 17.1 Å². The first-order valence-electron chi connectivity index (χ1n) is 8.16. The summed E-state index contributed by atoms with van der Waals surface area (Å²) >= 11 is 0. The van der Waals surface area contributed by atoms with Crippen LogP contribution in [0.25, 0.3) is 11.3 Å². The van der Waals surface area contributed by atoms with Crippen molar-refractivity contribution in [2.24, 2.45) is 7.05 Å². The third-order valence-electron chi connectivity index (χ3n) is 4.13. The van der Waals surface area contributed by atoms with Crippen molar-refractivity contribution in [1.82, 2.24) is 9.78 Å². The molecule has 0 radical (unpaired) electrons. The van der Waals surface area contributed by atoms with Gasteiger partial charge in [0.2, 0.25) is 0 Å². The van der Waals surface area contributed by atoms with E-state index in [9.17, 15) is 4.79 Å². The zero-order chi connectivity index (χ0) is 18.7. The first-order valence-corrected chi connectivity index (χ1v) is 8.16. The second-order valence-corrected chi connectivity index (χ2v) is 5.91. The number of nitrogens with one attached hydrogen (secondary N) is 1. The lowest BCUT2D eigenvalue weighted by Crippen LogP contribution is -2.13. The lowest BCUT2D eigenvalue weighted by Gasteiger charge is -2.07. The molecule has 0 aliphatic heterocycles. The minimum absolute atomic E-state index is 0.273. The van der Waals surface area contributed by atoms with Crippen molar-refractivity contribution in [3.63, 3.8) is 0 Å². The summed E-state index contributed by atoms with van der Waals surface area (Å²) < 4.78 is 12.2. The Morgan fingerprint density at radius 2 is 1.88 bits per heavy atom. The van der Waals surface area contributed by atoms with E-state index in [1.54, 1.807) is 37.1 Å².